The molecule has 1 N–H and O–H groups in total. The Morgan fingerprint density at radius 2 is 2.22 bits per heavy atom. The Kier molecular flexibility index (Phi) is 5.25. The van der Waals surface area contributed by atoms with Crippen LogP contribution in [0.3, 0.4) is 0 Å². The minimum absolute atomic E-state index is 0.147. The standard InChI is InChI=1S/C15H21NOS/c1-16(14-7-2-3-8-14)12-15-13(9-11-18-15)6-4-5-10-17/h9,11,14,17H,2-3,5,7-8,10,12H2,1H3. The molecule has 0 bridgehead atoms. The van der Waals surface area contributed by atoms with Gasteiger partial charge in [-0.3, -0.25) is 4.90 Å². The van der Waals surface area contributed by atoms with Crippen LogP contribution >= 0.6 is 11.3 Å². The summed E-state index contributed by atoms with van der Waals surface area (Å²) in [5, 5.41) is 10.9. The molecule has 1 aromatic rings. The topological polar surface area (TPSA) is 23.5 Å². The summed E-state index contributed by atoms with van der Waals surface area (Å²) in [5.74, 6) is 6.17. The van der Waals surface area contributed by atoms with Crippen molar-refractivity contribution in [3.05, 3.63) is 21.9 Å². The fraction of sp³-hybridized carbons (Fsp3) is 0.600. The highest BCUT2D eigenvalue weighted by Crippen LogP contribution is 2.25. The third kappa shape index (κ3) is 3.58. The van der Waals surface area contributed by atoms with Gasteiger partial charge in [0.15, 0.2) is 0 Å². The minimum atomic E-state index is 0.147. The van der Waals surface area contributed by atoms with Crippen LogP contribution in [0.15, 0.2) is 11.4 Å². The lowest BCUT2D eigenvalue weighted by Gasteiger charge is -2.23. The number of nitrogens with zero attached hydrogens (tertiary/aromatic N) is 1. The molecule has 1 aliphatic rings. The van der Waals surface area contributed by atoms with Crippen LogP contribution in [0.5, 0.6) is 0 Å². The van der Waals surface area contributed by atoms with Crippen LogP contribution in [0, 0.1) is 11.8 Å². The molecule has 1 aliphatic carbocycles. The number of hydrogen-bond acceptors (Lipinski definition) is 3. The van der Waals surface area contributed by atoms with E-state index < -0.39 is 0 Å². The first-order chi connectivity index (χ1) is 8.81. The Hall–Kier alpha value is -0.820. The Morgan fingerprint density at radius 1 is 1.44 bits per heavy atom. The summed E-state index contributed by atoms with van der Waals surface area (Å²) in [7, 11) is 2.22. The maximum atomic E-state index is 8.75. The highest BCUT2D eigenvalue weighted by atomic mass is 32.1. The van der Waals surface area contributed by atoms with Crippen molar-refractivity contribution in [2.45, 2.75) is 44.7 Å². The molecule has 0 spiro atoms. The van der Waals surface area contributed by atoms with E-state index in [4.69, 9.17) is 5.11 Å². The summed E-state index contributed by atoms with van der Waals surface area (Å²) in [4.78, 5) is 3.82. The minimum Gasteiger partial charge on any atom is -0.395 e. The van der Waals surface area contributed by atoms with Gasteiger partial charge in [-0.1, -0.05) is 24.7 Å². The molecule has 98 valence electrons. The van der Waals surface area contributed by atoms with Crippen molar-refractivity contribution in [3.8, 4) is 11.8 Å². The van der Waals surface area contributed by atoms with Gasteiger partial charge in [0.1, 0.15) is 0 Å². The average molecular weight is 263 g/mol. The molecule has 0 saturated heterocycles. The van der Waals surface area contributed by atoms with E-state index in [0.29, 0.717) is 6.42 Å². The van der Waals surface area contributed by atoms with Crippen molar-refractivity contribution in [2.75, 3.05) is 13.7 Å². The summed E-state index contributed by atoms with van der Waals surface area (Å²) >= 11 is 1.79. The van der Waals surface area contributed by atoms with Crippen molar-refractivity contribution in [1.29, 1.82) is 0 Å². The monoisotopic (exact) mass is 263 g/mol. The molecule has 1 saturated carbocycles. The Balaban J connectivity index is 1.96. The smallest absolute Gasteiger partial charge is 0.0540 e. The number of aliphatic hydroxyl groups excluding tert-OH is 1. The zero-order chi connectivity index (χ0) is 12.8. The van der Waals surface area contributed by atoms with E-state index in [1.54, 1.807) is 11.3 Å². The Morgan fingerprint density at radius 3 is 2.94 bits per heavy atom. The highest BCUT2D eigenvalue weighted by molar-refractivity contribution is 7.10. The first kappa shape index (κ1) is 13.6. The van der Waals surface area contributed by atoms with Gasteiger partial charge in [0.2, 0.25) is 0 Å². The van der Waals surface area contributed by atoms with Crippen molar-refractivity contribution >= 4 is 11.3 Å². The SMILES string of the molecule is CN(Cc1sccc1C#CCCO)C1CCCC1. The molecule has 18 heavy (non-hydrogen) atoms. The molecule has 0 aliphatic heterocycles. The van der Waals surface area contributed by atoms with Crippen LogP contribution in [0.4, 0.5) is 0 Å². The van der Waals surface area contributed by atoms with Crippen molar-refractivity contribution in [3.63, 3.8) is 0 Å². The first-order valence-electron chi connectivity index (χ1n) is 6.67. The molecule has 0 radical (unpaired) electrons. The second-order valence-corrected chi connectivity index (χ2v) is 5.89. The van der Waals surface area contributed by atoms with E-state index in [-0.39, 0.29) is 6.61 Å². The molecule has 1 fully saturated rings. The lowest BCUT2D eigenvalue weighted by atomic mass is 10.2. The fourth-order valence-electron chi connectivity index (χ4n) is 2.49. The third-order valence-corrected chi connectivity index (χ3v) is 4.45. The second-order valence-electron chi connectivity index (χ2n) is 4.89. The average Bonchev–Trinajstić information content (AvgIpc) is 3.01. The van der Waals surface area contributed by atoms with Gasteiger partial charge in [0.05, 0.1) is 6.61 Å². The first-order valence-corrected chi connectivity index (χ1v) is 7.55. The molecule has 0 amide bonds. The molecule has 0 atom stereocenters. The van der Waals surface area contributed by atoms with Crippen LogP contribution in [-0.4, -0.2) is 29.7 Å². The number of aliphatic hydroxyl groups is 1. The molecular formula is C15H21NOS. The summed E-state index contributed by atoms with van der Waals surface area (Å²) < 4.78 is 0. The normalized spacial score (nSPS) is 15.9. The predicted octanol–water partition coefficient (Wildman–Crippen LogP) is 2.86. The lowest BCUT2D eigenvalue weighted by molar-refractivity contribution is 0.239. The van der Waals surface area contributed by atoms with Gasteiger partial charge in [-0.05, 0) is 31.3 Å². The highest BCUT2D eigenvalue weighted by Gasteiger charge is 2.20. The number of hydrogen-bond donors (Lipinski definition) is 1. The molecule has 1 aromatic heterocycles. The van der Waals surface area contributed by atoms with E-state index in [1.165, 1.54) is 30.6 Å². The summed E-state index contributed by atoms with van der Waals surface area (Å²) in [6, 6.07) is 2.85. The summed E-state index contributed by atoms with van der Waals surface area (Å²) in [5.41, 5.74) is 1.14. The molecule has 0 aromatic carbocycles. The van der Waals surface area contributed by atoms with Gasteiger partial charge >= 0.3 is 0 Å². The van der Waals surface area contributed by atoms with E-state index in [9.17, 15) is 0 Å². The Bertz CT molecular complexity index is 423. The zero-order valence-corrected chi connectivity index (χ0v) is 11.8. The van der Waals surface area contributed by atoms with Crippen molar-refractivity contribution < 1.29 is 5.11 Å². The van der Waals surface area contributed by atoms with Crippen LogP contribution in [0.2, 0.25) is 0 Å². The van der Waals surface area contributed by atoms with Gasteiger partial charge in [-0.25, -0.2) is 0 Å². The number of thiophene rings is 1. The molecule has 2 nitrogen and oxygen atoms in total. The summed E-state index contributed by atoms with van der Waals surface area (Å²) in [6.45, 7) is 1.15. The van der Waals surface area contributed by atoms with Crippen molar-refractivity contribution in [2.24, 2.45) is 0 Å². The molecular weight excluding hydrogens is 242 g/mol. The predicted molar refractivity (Wildman–Crippen MR) is 76.6 cm³/mol. The molecule has 3 heteroatoms. The van der Waals surface area contributed by atoms with Gasteiger partial charge in [0, 0.05) is 29.4 Å². The lowest BCUT2D eigenvalue weighted by Crippen LogP contribution is -2.28. The number of rotatable bonds is 4. The van der Waals surface area contributed by atoms with E-state index in [1.807, 2.05) is 0 Å². The van der Waals surface area contributed by atoms with Gasteiger partial charge in [-0.15, -0.1) is 11.3 Å². The zero-order valence-electron chi connectivity index (χ0n) is 11.0. The fourth-order valence-corrected chi connectivity index (χ4v) is 3.38. The summed E-state index contributed by atoms with van der Waals surface area (Å²) in [6.07, 6.45) is 6.00. The molecule has 2 rings (SSSR count). The van der Waals surface area contributed by atoms with Gasteiger partial charge in [0.25, 0.3) is 0 Å². The molecule has 0 unspecified atom stereocenters. The van der Waals surface area contributed by atoms with Crippen molar-refractivity contribution in [1.82, 2.24) is 4.90 Å². The Labute approximate surface area is 114 Å². The third-order valence-electron chi connectivity index (χ3n) is 3.55. The van der Waals surface area contributed by atoms with E-state index in [2.05, 4.69) is 35.2 Å². The van der Waals surface area contributed by atoms with E-state index in [0.717, 1.165) is 18.2 Å². The maximum absolute atomic E-state index is 8.75. The maximum Gasteiger partial charge on any atom is 0.0540 e. The largest absolute Gasteiger partial charge is 0.395 e. The second kappa shape index (κ2) is 6.94. The molecule has 1 heterocycles. The van der Waals surface area contributed by atoms with Gasteiger partial charge < -0.3 is 5.11 Å². The quantitative estimate of drug-likeness (QED) is 0.844. The van der Waals surface area contributed by atoms with E-state index >= 15 is 0 Å². The van der Waals surface area contributed by atoms with Crippen LogP contribution in [-0.2, 0) is 6.54 Å². The van der Waals surface area contributed by atoms with Gasteiger partial charge in [-0.2, -0.15) is 0 Å². The van der Waals surface area contributed by atoms with Crippen LogP contribution in [0.1, 0.15) is 42.5 Å². The van der Waals surface area contributed by atoms with Crippen LogP contribution < -0.4 is 0 Å². The van der Waals surface area contributed by atoms with Crippen LogP contribution in [0.25, 0.3) is 0 Å².